The second-order valence-electron chi connectivity index (χ2n) is 9.28. The monoisotopic (exact) mass is 528 g/mol. The first-order valence-corrected chi connectivity index (χ1v) is 13.1. The van der Waals surface area contributed by atoms with Crippen LogP contribution in [0.1, 0.15) is 36.6 Å². The van der Waals surface area contributed by atoms with Gasteiger partial charge in [0.15, 0.2) is 5.13 Å². The van der Waals surface area contributed by atoms with E-state index in [4.69, 9.17) is 9.47 Å². The van der Waals surface area contributed by atoms with Crippen molar-refractivity contribution in [2.24, 2.45) is 0 Å². The van der Waals surface area contributed by atoms with Gasteiger partial charge in [-0.2, -0.15) is 0 Å². The Morgan fingerprint density at radius 2 is 2.00 bits per heavy atom. The minimum atomic E-state index is -0.988. The summed E-state index contributed by atoms with van der Waals surface area (Å²) in [5.74, 6) is -0.530. The first kappa shape index (κ1) is 24.0. The molecule has 0 spiro atoms. The Morgan fingerprint density at radius 3 is 2.79 bits per heavy atom. The fourth-order valence-electron chi connectivity index (χ4n) is 5.02. The maximum absolute atomic E-state index is 13.5. The first-order valence-electron chi connectivity index (χ1n) is 12.3. The highest BCUT2D eigenvalue weighted by molar-refractivity contribution is 7.22. The SMILES string of the molecule is CCOc1ccc2nc(N3C(=O)C(=O)/C(=C(\O)c4ccc5c(c4)CC(C)O5)C3c3cccc(O)c3)sc2c1. The molecule has 4 aromatic rings. The van der Waals surface area contributed by atoms with Crippen LogP contribution in [0.4, 0.5) is 5.13 Å². The number of hydrogen-bond donors (Lipinski definition) is 2. The first-order chi connectivity index (χ1) is 18.3. The van der Waals surface area contributed by atoms with Gasteiger partial charge in [-0.25, -0.2) is 4.98 Å². The highest BCUT2D eigenvalue weighted by Gasteiger charge is 2.48. The van der Waals surface area contributed by atoms with Gasteiger partial charge in [-0.15, -0.1) is 0 Å². The van der Waals surface area contributed by atoms with Crippen molar-refractivity contribution in [3.05, 3.63) is 82.9 Å². The largest absolute Gasteiger partial charge is 0.508 e. The highest BCUT2D eigenvalue weighted by atomic mass is 32.1. The van der Waals surface area contributed by atoms with Crippen molar-refractivity contribution in [2.45, 2.75) is 32.4 Å². The quantitative estimate of drug-likeness (QED) is 0.204. The van der Waals surface area contributed by atoms with E-state index in [1.54, 1.807) is 42.5 Å². The van der Waals surface area contributed by atoms with Crippen LogP contribution in [0.25, 0.3) is 16.0 Å². The van der Waals surface area contributed by atoms with E-state index in [0.717, 1.165) is 16.0 Å². The van der Waals surface area contributed by atoms with E-state index in [9.17, 15) is 19.8 Å². The van der Waals surface area contributed by atoms with Crippen molar-refractivity contribution in [3.63, 3.8) is 0 Å². The number of anilines is 1. The van der Waals surface area contributed by atoms with Gasteiger partial charge in [0, 0.05) is 12.0 Å². The molecule has 0 aliphatic carbocycles. The van der Waals surface area contributed by atoms with Gasteiger partial charge < -0.3 is 19.7 Å². The topological polar surface area (TPSA) is 109 Å². The molecule has 3 heterocycles. The number of ketones is 1. The van der Waals surface area contributed by atoms with Gasteiger partial charge in [-0.3, -0.25) is 14.5 Å². The lowest BCUT2D eigenvalue weighted by atomic mass is 9.94. The Labute approximate surface area is 222 Å². The van der Waals surface area contributed by atoms with Crippen molar-refractivity contribution in [2.75, 3.05) is 11.5 Å². The standard InChI is InChI=1S/C29H24N2O6S/c1-3-36-20-8-9-21-23(14-20)38-29(30-21)31-25(16-5-4-6-19(32)13-16)24(27(34)28(31)35)26(33)17-7-10-22-18(12-17)11-15(2)37-22/h4-10,12-15,25,32-33H,3,11H2,1-2H3/b26-24-. The maximum Gasteiger partial charge on any atom is 0.301 e. The molecule has 2 unspecified atom stereocenters. The number of hydrogen-bond acceptors (Lipinski definition) is 8. The molecule has 8 nitrogen and oxygen atoms in total. The van der Waals surface area contributed by atoms with E-state index < -0.39 is 17.7 Å². The fraction of sp³-hybridized carbons (Fsp3) is 0.207. The number of aromatic hydroxyl groups is 1. The minimum absolute atomic E-state index is 0.0162. The molecule has 192 valence electrons. The summed E-state index contributed by atoms with van der Waals surface area (Å²) < 4.78 is 12.1. The van der Waals surface area contributed by atoms with Crippen LogP contribution in [0, 0.1) is 0 Å². The van der Waals surface area contributed by atoms with Crippen molar-refractivity contribution in [1.82, 2.24) is 4.98 Å². The Hall–Kier alpha value is -4.37. The van der Waals surface area contributed by atoms with E-state index in [1.807, 2.05) is 19.9 Å². The Morgan fingerprint density at radius 1 is 1.16 bits per heavy atom. The van der Waals surface area contributed by atoms with Crippen molar-refractivity contribution >= 4 is 44.1 Å². The third kappa shape index (κ3) is 3.95. The van der Waals surface area contributed by atoms with Crippen LogP contribution < -0.4 is 14.4 Å². The van der Waals surface area contributed by atoms with E-state index in [2.05, 4.69) is 4.98 Å². The number of fused-ring (bicyclic) bond motifs is 2. The Bertz CT molecular complexity index is 1640. The molecular formula is C29H24N2O6S. The zero-order chi connectivity index (χ0) is 26.6. The molecule has 1 fully saturated rings. The number of phenolic OH excluding ortho intramolecular Hbond substituents is 1. The number of benzene rings is 3. The summed E-state index contributed by atoms with van der Waals surface area (Å²) in [7, 11) is 0. The number of rotatable bonds is 5. The number of carbonyl (C=O) groups excluding carboxylic acids is 2. The summed E-state index contributed by atoms with van der Waals surface area (Å²) in [5.41, 5.74) is 2.38. The van der Waals surface area contributed by atoms with Crippen LogP contribution >= 0.6 is 11.3 Å². The molecule has 2 atom stereocenters. The average molecular weight is 529 g/mol. The lowest BCUT2D eigenvalue weighted by Crippen LogP contribution is -2.29. The molecule has 3 aromatic carbocycles. The number of aromatic nitrogens is 1. The van der Waals surface area contributed by atoms with Crippen molar-refractivity contribution in [3.8, 4) is 17.2 Å². The van der Waals surface area contributed by atoms with Crippen LogP contribution in [0.5, 0.6) is 17.2 Å². The van der Waals surface area contributed by atoms with Gasteiger partial charge in [0.05, 0.1) is 28.4 Å². The Kier molecular flexibility index (Phi) is 5.80. The number of ether oxygens (including phenoxy) is 2. The molecular weight excluding hydrogens is 504 g/mol. The maximum atomic E-state index is 13.5. The number of thiazole rings is 1. The molecule has 1 saturated heterocycles. The van der Waals surface area contributed by atoms with E-state index in [0.29, 0.717) is 40.6 Å². The number of Topliss-reactive ketones (excluding diaryl/α,β-unsaturated/α-hetero) is 1. The molecule has 2 aliphatic rings. The van der Waals surface area contributed by atoms with Crippen LogP contribution in [0.15, 0.2) is 66.2 Å². The summed E-state index contributed by atoms with van der Waals surface area (Å²) in [6.45, 7) is 4.37. The lowest BCUT2D eigenvalue weighted by molar-refractivity contribution is -0.132. The summed E-state index contributed by atoms with van der Waals surface area (Å²) in [4.78, 5) is 32.9. The molecule has 0 bridgehead atoms. The number of carbonyl (C=O) groups is 2. The van der Waals surface area contributed by atoms with Crippen LogP contribution in [0.2, 0.25) is 0 Å². The molecule has 6 rings (SSSR count). The normalized spacial score (nSPS) is 20.1. The van der Waals surface area contributed by atoms with Gasteiger partial charge in [0.2, 0.25) is 0 Å². The van der Waals surface area contributed by atoms with Gasteiger partial charge in [-0.1, -0.05) is 23.5 Å². The second-order valence-corrected chi connectivity index (χ2v) is 10.3. The second kappa shape index (κ2) is 9.18. The van der Waals surface area contributed by atoms with Gasteiger partial charge in [-0.05, 0) is 73.5 Å². The number of aliphatic hydroxyl groups excluding tert-OH is 1. The summed E-state index contributed by atoms with van der Waals surface area (Å²) in [5, 5.41) is 22.0. The van der Waals surface area contributed by atoms with Gasteiger partial charge in [0.1, 0.15) is 29.1 Å². The molecule has 1 aromatic heterocycles. The predicted molar refractivity (Wildman–Crippen MR) is 144 cm³/mol. The highest BCUT2D eigenvalue weighted by Crippen LogP contribution is 2.45. The van der Waals surface area contributed by atoms with Crippen molar-refractivity contribution in [1.29, 1.82) is 0 Å². The van der Waals surface area contributed by atoms with Crippen LogP contribution in [0.3, 0.4) is 0 Å². The minimum Gasteiger partial charge on any atom is -0.508 e. The molecule has 1 amide bonds. The number of nitrogens with zero attached hydrogens (tertiary/aromatic N) is 2. The summed E-state index contributed by atoms with van der Waals surface area (Å²) in [6.07, 6.45) is 0.693. The predicted octanol–water partition coefficient (Wildman–Crippen LogP) is 5.35. The number of aliphatic hydroxyl groups is 1. The fourth-order valence-corrected chi connectivity index (χ4v) is 6.04. The van der Waals surface area contributed by atoms with E-state index in [-0.39, 0.29) is 23.2 Å². The van der Waals surface area contributed by atoms with Crippen LogP contribution in [-0.2, 0) is 16.0 Å². The molecule has 2 aliphatic heterocycles. The zero-order valence-corrected chi connectivity index (χ0v) is 21.5. The average Bonchev–Trinajstić information content (AvgIpc) is 3.56. The zero-order valence-electron chi connectivity index (χ0n) is 20.7. The molecule has 9 heteroatoms. The smallest absolute Gasteiger partial charge is 0.301 e. The van der Waals surface area contributed by atoms with E-state index >= 15 is 0 Å². The van der Waals surface area contributed by atoms with Gasteiger partial charge in [0.25, 0.3) is 5.78 Å². The third-order valence-corrected chi connectivity index (χ3v) is 7.68. The third-order valence-electron chi connectivity index (χ3n) is 6.67. The molecule has 0 saturated carbocycles. The molecule has 0 radical (unpaired) electrons. The summed E-state index contributed by atoms with van der Waals surface area (Å²) >= 11 is 1.25. The lowest BCUT2D eigenvalue weighted by Gasteiger charge is -2.23. The van der Waals surface area contributed by atoms with Gasteiger partial charge >= 0.3 is 5.91 Å². The Balaban J connectivity index is 1.51. The van der Waals surface area contributed by atoms with Crippen LogP contribution in [-0.4, -0.2) is 39.6 Å². The van der Waals surface area contributed by atoms with Crippen molar-refractivity contribution < 1.29 is 29.3 Å². The number of phenols is 1. The molecule has 2 N–H and O–H groups in total. The molecule has 38 heavy (non-hydrogen) atoms. The summed E-state index contributed by atoms with van der Waals surface area (Å²) in [6, 6.07) is 16.0. The van der Waals surface area contributed by atoms with E-state index in [1.165, 1.54) is 28.4 Å². The number of amides is 1.